The average Bonchev–Trinajstić information content (AvgIpc) is 3.27. The number of fused-ring (bicyclic) bond motifs is 1. The maximum absolute atomic E-state index is 13.5. The van der Waals surface area contributed by atoms with E-state index in [1.807, 2.05) is 19.1 Å². The van der Waals surface area contributed by atoms with Crippen LogP contribution in [0.3, 0.4) is 0 Å². The minimum Gasteiger partial charge on any atom is -0.353 e. The number of nitrogens with one attached hydrogen (secondary N) is 1. The van der Waals surface area contributed by atoms with Gasteiger partial charge in [0, 0.05) is 13.1 Å². The predicted molar refractivity (Wildman–Crippen MR) is 122 cm³/mol. The molecule has 1 N–H and O–H groups in total. The highest BCUT2D eigenvalue weighted by atomic mass is 16.2. The lowest BCUT2D eigenvalue weighted by atomic mass is 10.2. The molecule has 1 aliphatic rings. The van der Waals surface area contributed by atoms with Gasteiger partial charge in [-0.3, -0.25) is 14.2 Å². The molecule has 0 bridgehead atoms. The standard InChI is InChI=1S/C24H28N4O3/c1-17-8-7-9-19(16-17)28-23(30)20-10-3-4-11-21(20)27(24(28)31)18(2)22(29)25-12-15-26-13-5-6-14-26/h3-4,7-11,16,18H,5-6,12-15H2,1-2H3,(H,25,29). The third-order valence-electron chi connectivity index (χ3n) is 5.95. The molecule has 7 heteroatoms. The van der Waals surface area contributed by atoms with Gasteiger partial charge in [0.2, 0.25) is 5.91 Å². The molecule has 4 rings (SSSR count). The topological polar surface area (TPSA) is 76.3 Å². The summed E-state index contributed by atoms with van der Waals surface area (Å²) in [5.74, 6) is -0.235. The number of carbonyl (C=O) groups is 1. The van der Waals surface area contributed by atoms with Gasteiger partial charge in [0.15, 0.2) is 0 Å². The van der Waals surface area contributed by atoms with Crippen LogP contribution < -0.4 is 16.6 Å². The van der Waals surface area contributed by atoms with E-state index in [2.05, 4.69) is 10.2 Å². The van der Waals surface area contributed by atoms with E-state index >= 15 is 0 Å². The van der Waals surface area contributed by atoms with Gasteiger partial charge in [0.25, 0.3) is 5.56 Å². The van der Waals surface area contributed by atoms with Crippen molar-refractivity contribution in [1.29, 1.82) is 0 Å². The maximum atomic E-state index is 13.5. The molecule has 1 unspecified atom stereocenters. The second-order valence-corrected chi connectivity index (χ2v) is 8.17. The molecular formula is C24H28N4O3. The summed E-state index contributed by atoms with van der Waals surface area (Å²) >= 11 is 0. The first-order valence-electron chi connectivity index (χ1n) is 10.8. The number of para-hydroxylation sites is 1. The van der Waals surface area contributed by atoms with Crippen LogP contribution in [-0.2, 0) is 4.79 Å². The van der Waals surface area contributed by atoms with Gasteiger partial charge in [-0.1, -0.05) is 24.3 Å². The molecule has 162 valence electrons. The van der Waals surface area contributed by atoms with Gasteiger partial charge in [0.05, 0.1) is 16.6 Å². The number of rotatable bonds is 6. The molecule has 2 heterocycles. The van der Waals surface area contributed by atoms with E-state index in [1.54, 1.807) is 43.3 Å². The first kappa shape index (κ1) is 21.1. The van der Waals surface area contributed by atoms with Crippen molar-refractivity contribution in [2.24, 2.45) is 0 Å². The zero-order valence-corrected chi connectivity index (χ0v) is 18.0. The van der Waals surface area contributed by atoms with E-state index in [9.17, 15) is 14.4 Å². The number of carbonyl (C=O) groups excluding carboxylic acids is 1. The van der Waals surface area contributed by atoms with Gasteiger partial charge in [-0.2, -0.15) is 0 Å². The first-order valence-corrected chi connectivity index (χ1v) is 10.8. The highest BCUT2D eigenvalue weighted by molar-refractivity contribution is 5.84. The van der Waals surface area contributed by atoms with Crippen molar-refractivity contribution in [1.82, 2.24) is 19.4 Å². The summed E-state index contributed by atoms with van der Waals surface area (Å²) in [7, 11) is 0. The largest absolute Gasteiger partial charge is 0.353 e. The highest BCUT2D eigenvalue weighted by Gasteiger charge is 2.23. The number of amides is 1. The van der Waals surface area contributed by atoms with Gasteiger partial charge < -0.3 is 10.2 Å². The minimum absolute atomic E-state index is 0.235. The van der Waals surface area contributed by atoms with Crippen LogP contribution in [0.1, 0.15) is 31.4 Å². The fourth-order valence-electron chi connectivity index (χ4n) is 4.26. The third-order valence-corrected chi connectivity index (χ3v) is 5.95. The van der Waals surface area contributed by atoms with E-state index in [0.29, 0.717) is 23.1 Å². The average molecular weight is 421 g/mol. The minimum atomic E-state index is -0.757. The van der Waals surface area contributed by atoms with Crippen LogP contribution in [0.15, 0.2) is 58.1 Å². The van der Waals surface area contributed by atoms with Gasteiger partial charge in [0.1, 0.15) is 6.04 Å². The normalized spacial score (nSPS) is 15.3. The Hall–Kier alpha value is -3.19. The van der Waals surface area contributed by atoms with Crippen LogP contribution >= 0.6 is 0 Å². The van der Waals surface area contributed by atoms with Gasteiger partial charge in [-0.25, -0.2) is 9.36 Å². The summed E-state index contributed by atoms with van der Waals surface area (Å²) in [6.45, 7) is 7.08. The second-order valence-electron chi connectivity index (χ2n) is 8.17. The Morgan fingerprint density at radius 1 is 1.06 bits per heavy atom. The molecule has 2 aromatic carbocycles. The highest BCUT2D eigenvalue weighted by Crippen LogP contribution is 2.15. The van der Waals surface area contributed by atoms with Crippen molar-refractivity contribution in [2.75, 3.05) is 26.2 Å². The van der Waals surface area contributed by atoms with Crippen LogP contribution in [0, 0.1) is 6.92 Å². The molecule has 1 atom stereocenters. The van der Waals surface area contributed by atoms with Crippen molar-refractivity contribution in [3.05, 3.63) is 74.9 Å². The van der Waals surface area contributed by atoms with Crippen LogP contribution in [0.5, 0.6) is 0 Å². The predicted octanol–water partition coefficient (Wildman–Crippen LogP) is 2.23. The fraction of sp³-hybridized carbons (Fsp3) is 0.375. The molecule has 1 aromatic heterocycles. The zero-order chi connectivity index (χ0) is 22.0. The number of hydrogen-bond donors (Lipinski definition) is 1. The molecular weight excluding hydrogens is 392 g/mol. The van der Waals surface area contributed by atoms with Crippen LogP contribution in [0.2, 0.25) is 0 Å². The Bertz CT molecular complexity index is 1220. The molecule has 0 spiro atoms. The monoisotopic (exact) mass is 420 g/mol. The lowest BCUT2D eigenvalue weighted by Gasteiger charge is -2.21. The Balaban J connectivity index is 1.73. The van der Waals surface area contributed by atoms with Crippen molar-refractivity contribution in [2.45, 2.75) is 32.7 Å². The van der Waals surface area contributed by atoms with E-state index in [-0.39, 0.29) is 11.5 Å². The lowest BCUT2D eigenvalue weighted by molar-refractivity contribution is -0.123. The number of aryl methyl sites for hydroxylation is 1. The van der Waals surface area contributed by atoms with Gasteiger partial charge in [-0.05, 0) is 69.6 Å². The van der Waals surface area contributed by atoms with E-state index in [4.69, 9.17) is 0 Å². The second kappa shape index (κ2) is 8.89. The molecule has 7 nitrogen and oxygen atoms in total. The Kier molecular flexibility index (Phi) is 6.04. The lowest BCUT2D eigenvalue weighted by Crippen LogP contribution is -2.44. The number of hydrogen-bond acceptors (Lipinski definition) is 4. The SMILES string of the molecule is Cc1cccc(-n2c(=O)c3ccccc3n(C(C)C(=O)NCCN3CCCC3)c2=O)c1. The van der Waals surface area contributed by atoms with Gasteiger partial charge in [-0.15, -0.1) is 0 Å². The fourth-order valence-corrected chi connectivity index (χ4v) is 4.26. The molecule has 1 saturated heterocycles. The number of likely N-dealkylation sites (tertiary alicyclic amines) is 1. The molecule has 1 fully saturated rings. The smallest absolute Gasteiger partial charge is 0.336 e. The molecule has 0 radical (unpaired) electrons. The summed E-state index contributed by atoms with van der Waals surface area (Å²) in [5.41, 5.74) is 0.997. The first-order chi connectivity index (χ1) is 15.0. The zero-order valence-electron chi connectivity index (χ0n) is 18.0. The maximum Gasteiger partial charge on any atom is 0.336 e. The van der Waals surface area contributed by atoms with Crippen molar-refractivity contribution >= 4 is 16.8 Å². The molecule has 0 aliphatic carbocycles. The van der Waals surface area contributed by atoms with Crippen LogP contribution in [0.4, 0.5) is 0 Å². The number of aromatic nitrogens is 2. The Labute approximate surface area is 180 Å². The van der Waals surface area contributed by atoms with Crippen LogP contribution in [-0.4, -0.2) is 46.1 Å². The van der Waals surface area contributed by atoms with E-state index in [1.165, 1.54) is 17.4 Å². The molecule has 3 aromatic rings. The summed E-state index contributed by atoms with van der Waals surface area (Å²) in [6, 6.07) is 13.4. The summed E-state index contributed by atoms with van der Waals surface area (Å²) < 4.78 is 2.58. The molecule has 1 amide bonds. The summed E-state index contributed by atoms with van der Waals surface area (Å²) in [6.07, 6.45) is 2.40. The quantitative estimate of drug-likeness (QED) is 0.664. The number of benzene rings is 2. The Morgan fingerprint density at radius 3 is 2.55 bits per heavy atom. The Morgan fingerprint density at radius 2 is 1.81 bits per heavy atom. The molecule has 0 saturated carbocycles. The van der Waals surface area contributed by atoms with Crippen molar-refractivity contribution < 1.29 is 4.79 Å². The molecule has 31 heavy (non-hydrogen) atoms. The number of nitrogens with zero attached hydrogens (tertiary/aromatic N) is 3. The third kappa shape index (κ3) is 4.18. The van der Waals surface area contributed by atoms with Crippen LogP contribution in [0.25, 0.3) is 16.6 Å². The van der Waals surface area contributed by atoms with E-state index in [0.717, 1.165) is 29.8 Å². The van der Waals surface area contributed by atoms with Gasteiger partial charge >= 0.3 is 5.69 Å². The van der Waals surface area contributed by atoms with Crippen molar-refractivity contribution in [3.63, 3.8) is 0 Å². The molecule has 1 aliphatic heterocycles. The summed E-state index contributed by atoms with van der Waals surface area (Å²) in [5, 5.41) is 3.36. The van der Waals surface area contributed by atoms with Crippen molar-refractivity contribution in [3.8, 4) is 5.69 Å². The van der Waals surface area contributed by atoms with E-state index < -0.39 is 11.7 Å². The summed E-state index contributed by atoms with van der Waals surface area (Å²) in [4.78, 5) is 41.9.